The highest BCUT2D eigenvalue weighted by atomic mass is 16.5. The number of aromatic nitrogens is 2. The molecule has 0 atom stereocenters. The normalized spacial score (nSPS) is 10.2. The molecule has 1 amide bonds. The third-order valence-electron chi connectivity index (χ3n) is 3.89. The van der Waals surface area contributed by atoms with Crippen LogP contribution in [0, 0.1) is 0 Å². The molecule has 3 rings (SSSR count). The van der Waals surface area contributed by atoms with E-state index in [1.54, 1.807) is 37.4 Å². The lowest BCUT2D eigenvalue weighted by Crippen LogP contribution is -2.14. The zero-order valence-corrected chi connectivity index (χ0v) is 14.7. The van der Waals surface area contributed by atoms with Gasteiger partial charge in [-0.3, -0.25) is 4.79 Å². The molecule has 0 bridgehead atoms. The van der Waals surface area contributed by atoms with Crippen molar-refractivity contribution in [1.82, 2.24) is 10.2 Å². The summed E-state index contributed by atoms with van der Waals surface area (Å²) in [5, 5.41) is 14.1. The van der Waals surface area contributed by atoms with Gasteiger partial charge in [-0.2, -0.15) is 0 Å². The Balaban J connectivity index is 1.69. The number of ether oxygens (including phenoxy) is 1. The van der Waals surface area contributed by atoms with Gasteiger partial charge in [0.1, 0.15) is 5.75 Å². The SMILES string of the molecule is CCc1ccccc1Nc1ccc(C(=O)Nc2cccc(OC)c2)nn1. The second-order valence-electron chi connectivity index (χ2n) is 5.63. The second-order valence-corrected chi connectivity index (χ2v) is 5.63. The zero-order valence-electron chi connectivity index (χ0n) is 14.7. The van der Waals surface area contributed by atoms with Crippen LogP contribution in [0.25, 0.3) is 0 Å². The van der Waals surface area contributed by atoms with Gasteiger partial charge >= 0.3 is 0 Å². The van der Waals surface area contributed by atoms with Gasteiger partial charge in [-0.05, 0) is 42.3 Å². The van der Waals surface area contributed by atoms with Gasteiger partial charge in [0, 0.05) is 17.4 Å². The summed E-state index contributed by atoms with van der Waals surface area (Å²) in [6, 6.07) is 18.5. The number of para-hydroxylation sites is 1. The number of methoxy groups -OCH3 is 1. The number of hydrogen-bond donors (Lipinski definition) is 2. The van der Waals surface area contributed by atoms with Crippen molar-refractivity contribution in [3.63, 3.8) is 0 Å². The van der Waals surface area contributed by atoms with E-state index in [2.05, 4.69) is 33.8 Å². The summed E-state index contributed by atoms with van der Waals surface area (Å²) < 4.78 is 5.15. The molecule has 0 aliphatic rings. The maximum Gasteiger partial charge on any atom is 0.276 e. The summed E-state index contributed by atoms with van der Waals surface area (Å²) in [4.78, 5) is 12.3. The first-order valence-electron chi connectivity index (χ1n) is 8.33. The van der Waals surface area contributed by atoms with Crippen LogP contribution in [0.5, 0.6) is 5.75 Å². The monoisotopic (exact) mass is 348 g/mol. The van der Waals surface area contributed by atoms with E-state index in [-0.39, 0.29) is 11.6 Å². The third kappa shape index (κ3) is 4.16. The number of carbonyl (C=O) groups excluding carboxylic acids is 1. The van der Waals surface area contributed by atoms with Gasteiger partial charge in [-0.25, -0.2) is 0 Å². The topological polar surface area (TPSA) is 76.1 Å². The van der Waals surface area contributed by atoms with Crippen molar-refractivity contribution in [3.05, 3.63) is 71.9 Å². The molecule has 6 heteroatoms. The van der Waals surface area contributed by atoms with Gasteiger partial charge in [-0.15, -0.1) is 10.2 Å². The molecule has 0 aliphatic heterocycles. The fourth-order valence-electron chi connectivity index (χ4n) is 2.50. The average molecular weight is 348 g/mol. The highest BCUT2D eigenvalue weighted by Crippen LogP contribution is 2.20. The summed E-state index contributed by atoms with van der Waals surface area (Å²) in [6.07, 6.45) is 0.914. The Morgan fingerprint density at radius 3 is 2.62 bits per heavy atom. The van der Waals surface area contributed by atoms with Crippen LogP contribution in [0.3, 0.4) is 0 Å². The molecule has 0 saturated heterocycles. The molecule has 0 spiro atoms. The van der Waals surface area contributed by atoms with E-state index in [0.29, 0.717) is 17.3 Å². The number of amides is 1. The molecule has 6 nitrogen and oxygen atoms in total. The van der Waals surface area contributed by atoms with E-state index < -0.39 is 0 Å². The Kier molecular flexibility index (Phi) is 5.43. The molecule has 2 N–H and O–H groups in total. The van der Waals surface area contributed by atoms with E-state index in [4.69, 9.17) is 4.74 Å². The minimum absolute atomic E-state index is 0.238. The number of rotatable bonds is 6. The first-order valence-corrected chi connectivity index (χ1v) is 8.33. The molecule has 0 fully saturated rings. The first-order chi connectivity index (χ1) is 12.7. The maximum absolute atomic E-state index is 12.3. The second kappa shape index (κ2) is 8.11. The highest BCUT2D eigenvalue weighted by Gasteiger charge is 2.10. The number of carbonyl (C=O) groups is 1. The van der Waals surface area contributed by atoms with Crippen molar-refractivity contribution in [1.29, 1.82) is 0 Å². The Morgan fingerprint density at radius 2 is 1.88 bits per heavy atom. The van der Waals surface area contributed by atoms with Crippen LogP contribution in [0.4, 0.5) is 17.2 Å². The predicted octanol–water partition coefficient (Wildman–Crippen LogP) is 4.04. The quantitative estimate of drug-likeness (QED) is 0.703. The lowest BCUT2D eigenvalue weighted by atomic mass is 10.1. The van der Waals surface area contributed by atoms with Crippen LogP contribution in [-0.4, -0.2) is 23.2 Å². The van der Waals surface area contributed by atoms with E-state index in [9.17, 15) is 4.79 Å². The number of nitrogens with zero attached hydrogens (tertiary/aromatic N) is 2. The number of hydrogen-bond acceptors (Lipinski definition) is 5. The molecule has 26 heavy (non-hydrogen) atoms. The Labute approximate surface area is 152 Å². The Hall–Kier alpha value is -3.41. The summed E-state index contributed by atoms with van der Waals surface area (Å²) >= 11 is 0. The molecule has 1 heterocycles. The number of nitrogens with one attached hydrogen (secondary N) is 2. The van der Waals surface area contributed by atoms with Crippen LogP contribution in [-0.2, 0) is 6.42 Å². The maximum atomic E-state index is 12.3. The third-order valence-corrected chi connectivity index (χ3v) is 3.89. The van der Waals surface area contributed by atoms with Gasteiger partial charge in [0.15, 0.2) is 11.5 Å². The van der Waals surface area contributed by atoms with E-state index in [0.717, 1.165) is 12.1 Å². The van der Waals surface area contributed by atoms with Crippen LogP contribution in [0.15, 0.2) is 60.7 Å². The van der Waals surface area contributed by atoms with Crippen molar-refractivity contribution in [2.75, 3.05) is 17.7 Å². The first kappa shape index (κ1) is 17.4. The predicted molar refractivity (Wildman–Crippen MR) is 102 cm³/mol. The lowest BCUT2D eigenvalue weighted by Gasteiger charge is -2.10. The van der Waals surface area contributed by atoms with Crippen molar-refractivity contribution in [2.24, 2.45) is 0 Å². The fraction of sp³-hybridized carbons (Fsp3) is 0.150. The Morgan fingerprint density at radius 1 is 1.04 bits per heavy atom. The molecular formula is C20H20N4O2. The molecule has 0 saturated carbocycles. The van der Waals surface area contributed by atoms with Crippen molar-refractivity contribution in [3.8, 4) is 5.75 Å². The van der Waals surface area contributed by atoms with Crippen LogP contribution >= 0.6 is 0 Å². The number of anilines is 3. The molecule has 3 aromatic rings. The number of aryl methyl sites for hydroxylation is 1. The van der Waals surface area contributed by atoms with Gasteiger partial charge in [0.05, 0.1) is 7.11 Å². The van der Waals surface area contributed by atoms with Gasteiger partial charge in [0.25, 0.3) is 5.91 Å². The molecular weight excluding hydrogens is 328 g/mol. The van der Waals surface area contributed by atoms with Gasteiger partial charge in [0.2, 0.25) is 0 Å². The van der Waals surface area contributed by atoms with Crippen molar-refractivity contribution in [2.45, 2.75) is 13.3 Å². The minimum atomic E-state index is -0.328. The fourth-order valence-corrected chi connectivity index (χ4v) is 2.50. The molecule has 132 valence electrons. The summed E-state index contributed by atoms with van der Waals surface area (Å²) in [6.45, 7) is 2.10. The number of benzene rings is 2. The zero-order chi connectivity index (χ0) is 18.4. The molecule has 2 aromatic carbocycles. The summed E-state index contributed by atoms with van der Waals surface area (Å²) in [7, 11) is 1.58. The highest BCUT2D eigenvalue weighted by molar-refractivity contribution is 6.02. The Bertz CT molecular complexity index is 894. The average Bonchev–Trinajstić information content (AvgIpc) is 2.69. The van der Waals surface area contributed by atoms with E-state index >= 15 is 0 Å². The molecule has 0 unspecified atom stereocenters. The van der Waals surface area contributed by atoms with Crippen LogP contribution < -0.4 is 15.4 Å². The summed E-state index contributed by atoms with van der Waals surface area (Å²) in [5.74, 6) is 0.929. The smallest absolute Gasteiger partial charge is 0.276 e. The van der Waals surface area contributed by atoms with Gasteiger partial charge < -0.3 is 15.4 Å². The van der Waals surface area contributed by atoms with Crippen molar-refractivity contribution >= 4 is 23.1 Å². The lowest BCUT2D eigenvalue weighted by molar-refractivity contribution is 0.102. The standard InChI is InChI=1S/C20H20N4O2/c1-3-14-7-4-5-10-17(14)22-19-12-11-18(23-24-19)20(25)21-15-8-6-9-16(13-15)26-2/h4-13H,3H2,1-2H3,(H,21,25)(H,22,24). The van der Waals surface area contributed by atoms with Crippen LogP contribution in [0.1, 0.15) is 23.0 Å². The summed E-state index contributed by atoms with van der Waals surface area (Å²) in [5.41, 5.74) is 3.05. The molecule has 0 aliphatic carbocycles. The van der Waals surface area contributed by atoms with Gasteiger partial charge in [-0.1, -0.05) is 31.2 Å². The van der Waals surface area contributed by atoms with Crippen LogP contribution in [0.2, 0.25) is 0 Å². The molecule has 1 aromatic heterocycles. The van der Waals surface area contributed by atoms with Crippen molar-refractivity contribution < 1.29 is 9.53 Å². The van der Waals surface area contributed by atoms with E-state index in [1.165, 1.54) is 5.56 Å². The largest absolute Gasteiger partial charge is 0.497 e. The van der Waals surface area contributed by atoms with E-state index in [1.807, 2.05) is 24.3 Å². The molecule has 0 radical (unpaired) electrons. The minimum Gasteiger partial charge on any atom is -0.497 e.